The second kappa shape index (κ2) is 7.13. The molecule has 0 unspecified atom stereocenters. The maximum Gasteiger partial charge on any atom is 0.258 e. The standard InChI is InChI=1S/C21H28N6O/c1-5-14-8-9-17-15(12-14)13-16(20(28)22-17)18(26-10-6-7-11-26)19-23-24-25-27(19)21(2,3)4/h8-9,12-13,18H,5-7,10-11H2,1-4H3,(H,22,28)/p+1/t18-/m1/s1. The zero-order valence-electron chi connectivity index (χ0n) is 17.1. The molecule has 1 aliphatic rings. The first-order valence-electron chi connectivity index (χ1n) is 10.2. The molecule has 148 valence electrons. The van der Waals surface area contributed by atoms with Crippen LogP contribution in [0.3, 0.4) is 0 Å². The van der Waals surface area contributed by atoms with Gasteiger partial charge in [-0.1, -0.05) is 13.0 Å². The van der Waals surface area contributed by atoms with E-state index in [1.807, 2.05) is 16.8 Å². The van der Waals surface area contributed by atoms with Crippen molar-refractivity contribution in [3.63, 3.8) is 0 Å². The first-order valence-corrected chi connectivity index (χ1v) is 10.2. The molecule has 1 aromatic carbocycles. The molecule has 7 heteroatoms. The summed E-state index contributed by atoms with van der Waals surface area (Å²) >= 11 is 0. The van der Waals surface area contributed by atoms with Gasteiger partial charge in [-0.05, 0) is 66.8 Å². The lowest BCUT2D eigenvalue weighted by atomic mass is 10.0. The highest BCUT2D eigenvalue weighted by molar-refractivity contribution is 5.79. The molecule has 3 aromatic rings. The SMILES string of the molecule is CCc1ccc2[nH]c(=O)c([C@H](c3nnnn3C(C)(C)C)[NH+]3CCCC3)cc2c1. The van der Waals surface area contributed by atoms with Gasteiger partial charge in [0.25, 0.3) is 5.56 Å². The highest BCUT2D eigenvalue weighted by Gasteiger charge is 2.37. The van der Waals surface area contributed by atoms with Gasteiger partial charge in [-0.15, -0.1) is 5.10 Å². The van der Waals surface area contributed by atoms with Crippen molar-refractivity contribution in [3.05, 3.63) is 51.6 Å². The Morgan fingerprint density at radius 2 is 1.96 bits per heavy atom. The molecule has 0 bridgehead atoms. The molecular formula is C21H29N6O+. The van der Waals surface area contributed by atoms with Crippen LogP contribution in [0.5, 0.6) is 0 Å². The molecule has 3 heterocycles. The topological polar surface area (TPSA) is 80.9 Å². The Kier molecular flexibility index (Phi) is 4.79. The summed E-state index contributed by atoms with van der Waals surface area (Å²) in [5.74, 6) is 0.765. The van der Waals surface area contributed by atoms with Gasteiger partial charge in [0.05, 0.1) is 24.2 Å². The maximum atomic E-state index is 13.1. The third kappa shape index (κ3) is 3.35. The van der Waals surface area contributed by atoms with Crippen LogP contribution in [-0.2, 0) is 12.0 Å². The average Bonchev–Trinajstić information content (AvgIpc) is 3.34. The molecule has 0 amide bonds. The molecule has 1 fully saturated rings. The summed E-state index contributed by atoms with van der Waals surface area (Å²) < 4.78 is 1.87. The number of rotatable bonds is 4. The highest BCUT2D eigenvalue weighted by Crippen LogP contribution is 2.23. The number of tetrazole rings is 1. The number of aromatic nitrogens is 5. The molecule has 0 spiro atoms. The minimum Gasteiger partial charge on any atom is -0.322 e. The number of quaternary nitrogens is 1. The van der Waals surface area contributed by atoms with Crippen molar-refractivity contribution < 1.29 is 4.90 Å². The fourth-order valence-corrected chi connectivity index (χ4v) is 4.22. The van der Waals surface area contributed by atoms with Gasteiger partial charge in [-0.25, -0.2) is 4.68 Å². The van der Waals surface area contributed by atoms with Crippen LogP contribution in [0.15, 0.2) is 29.1 Å². The van der Waals surface area contributed by atoms with Crippen LogP contribution >= 0.6 is 0 Å². The second-order valence-electron chi connectivity index (χ2n) is 8.75. The van der Waals surface area contributed by atoms with Gasteiger partial charge in [0, 0.05) is 18.4 Å². The predicted octanol–water partition coefficient (Wildman–Crippen LogP) is 1.60. The Bertz CT molecular complexity index is 1040. The average molecular weight is 382 g/mol. The molecule has 1 aliphatic heterocycles. The number of H-pyrrole nitrogens is 1. The maximum absolute atomic E-state index is 13.1. The molecular weight excluding hydrogens is 352 g/mol. The third-order valence-electron chi connectivity index (χ3n) is 5.70. The molecule has 7 nitrogen and oxygen atoms in total. The van der Waals surface area contributed by atoms with Crippen molar-refractivity contribution >= 4 is 10.9 Å². The minimum absolute atomic E-state index is 0.0513. The molecule has 1 saturated heterocycles. The van der Waals surface area contributed by atoms with Gasteiger partial charge in [0.15, 0.2) is 6.04 Å². The van der Waals surface area contributed by atoms with E-state index in [4.69, 9.17) is 0 Å². The van der Waals surface area contributed by atoms with Crippen molar-refractivity contribution in [2.45, 2.75) is 58.5 Å². The van der Waals surface area contributed by atoms with E-state index in [2.05, 4.69) is 60.3 Å². The van der Waals surface area contributed by atoms with Gasteiger partial charge in [0.2, 0.25) is 5.82 Å². The van der Waals surface area contributed by atoms with Crippen molar-refractivity contribution in [1.29, 1.82) is 0 Å². The zero-order chi connectivity index (χ0) is 19.9. The van der Waals surface area contributed by atoms with E-state index in [9.17, 15) is 4.79 Å². The normalized spacial score (nSPS) is 16.7. The quantitative estimate of drug-likeness (QED) is 0.719. The Labute approximate surface area is 164 Å². The molecule has 0 radical (unpaired) electrons. The minimum atomic E-state index is -0.255. The number of aryl methyl sites for hydroxylation is 1. The van der Waals surface area contributed by atoms with Gasteiger partial charge in [-0.3, -0.25) is 4.79 Å². The molecule has 2 aromatic heterocycles. The number of fused-ring (bicyclic) bond motifs is 1. The van der Waals surface area contributed by atoms with Gasteiger partial charge in [-0.2, -0.15) is 0 Å². The van der Waals surface area contributed by atoms with Crippen molar-refractivity contribution in [3.8, 4) is 0 Å². The molecule has 1 atom stereocenters. The second-order valence-corrected chi connectivity index (χ2v) is 8.75. The van der Waals surface area contributed by atoms with Crippen LogP contribution < -0.4 is 10.5 Å². The lowest BCUT2D eigenvalue weighted by molar-refractivity contribution is -0.914. The first-order chi connectivity index (χ1) is 13.4. The van der Waals surface area contributed by atoms with E-state index >= 15 is 0 Å². The molecule has 0 aliphatic carbocycles. The summed E-state index contributed by atoms with van der Waals surface area (Å²) in [6.07, 6.45) is 3.29. The van der Waals surface area contributed by atoms with Crippen molar-refractivity contribution in [2.24, 2.45) is 0 Å². The summed E-state index contributed by atoms with van der Waals surface area (Å²) in [6, 6.07) is 8.11. The van der Waals surface area contributed by atoms with Crippen LogP contribution in [0, 0.1) is 0 Å². The Morgan fingerprint density at radius 1 is 1.21 bits per heavy atom. The Balaban J connectivity index is 1.91. The third-order valence-corrected chi connectivity index (χ3v) is 5.70. The van der Waals surface area contributed by atoms with E-state index in [1.165, 1.54) is 10.5 Å². The largest absolute Gasteiger partial charge is 0.322 e. The number of pyridine rings is 1. The van der Waals surface area contributed by atoms with Crippen LogP contribution in [0.1, 0.15) is 63.5 Å². The predicted molar refractivity (Wildman–Crippen MR) is 109 cm³/mol. The summed E-state index contributed by atoms with van der Waals surface area (Å²) in [7, 11) is 0. The number of nitrogens with one attached hydrogen (secondary N) is 2. The van der Waals surface area contributed by atoms with Crippen LogP contribution in [0.4, 0.5) is 0 Å². The zero-order valence-corrected chi connectivity index (χ0v) is 17.1. The highest BCUT2D eigenvalue weighted by atomic mass is 16.1. The van der Waals surface area contributed by atoms with Crippen molar-refractivity contribution in [2.75, 3.05) is 13.1 Å². The van der Waals surface area contributed by atoms with E-state index in [1.54, 1.807) is 0 Å². The summed E-state index contributed by atoms with van der Waals surface area (Å²) in [4.78, 5) is 17.5. The number of hydrogen-bond acceptors (Lipinski definition) is 4. The lowest BCUT2D eigenvalue weighted by Crippen LogP contribution is -3.10. The fraction of sp³-hybridized carbons (Fsp3) is 0.524. The summed E-state index contributed by atoms with van der Waals surface area (Å²) in [5.41, 5.74) is 2.57. The van der Waals surface area contributed by atoms with E-state index in [0.717, 1.165) is 54.6 Å². The van der Waals surface area contributed by atoms with E-state index < -0.39 is 0 Å². The number of nitrogens with zero attached hydrogens (tertiary/aromatic N) is 4. The summed E-state index contributed by atoms with van der Waals surface area (Å²) in [5, 5.41) is 13.7. The summed E-state index contributed by atoms with van der Waals surface area (Å²) in [6.45, 7) is 10.4. The number of benzene rings is 1. The van der Waals surface area contributed by atoms with E-state index in [0.29, 0.717) is 0 Å². The van der Waals surface area contributed by atoms with Gasteiger partial charge < -0.3 is 9.88 Å². The molecule has 4 rings (SSSR count). The monoisotopic (exact) mass is 381 g/mol. The van der Waals surface area contributed by atoms with Gasteiger partial charge in [0.1, 0.15) is 0 Å². The van der Waals surface area contributed by atoms with Crippen molar-refractivity contribution in [1.82, 2.24) is 25.2 Å². The van der Waals surface area contributed by atoms with Crippen LogP contribution in [0.25, 0.3) is 10.9 Å². The lowest BCUT2D eigenvalue weighted by Gasteiger charge is -2.27. The fourth-order valence-electron chi connectivity index (χ4n) is 4.22. The molecule has 0 saturated carbocycles. The van der Waals surface area contributed by atoms with Crippen LogP contribution in [0.2, 0.25) is 0 Å². The van der Waals surface area contributed by atoms with Gasteiger partial charge >= 0.3 is 0 Å². The Hall–Kier alpha value is -2.54. The van der Waals surface area contributed by atoms with Crippen LogP contribution in [-0.4, -0.2) is 38.3 Å². The number of hydrogen-bond donors (Lipinski definition) is 2. The molecule has 2 N–H and O–H groups in total. The Morgan fingerprint density at radius 3 is 2.64 bits per heavy atom. The number of likely N-dealkylation sites (tertiary alicyclic amines) is 1. The molecule has 28 heavy (non-hydrogen) atoms. The number of aromatic amines is 1. The smallest absolute Gasteiger partial charge is 0.258 e. The van der Waals surface area contributed by atoms with E-state index in [-0.39, 0.29) is 17.1 Å². The first kappa shape index (κ1) is 18.8.